The normalized spacial score (nSPS) is 10.0. The average Bonchev–Trinajstić information content (AvgIpc) is 2.97. The molecule has 2 aromatic rings. The molecule has 0 N–H and O–H groups in total. The van der Waals surface area contributed by atoms with Gasteiger partial charge in [0.2, 0.25) is 0 Å². The Hall–Kier alpha value is -2.47. The van der Waals surface area contributed by atoms with E-state index in [4.69, 9.17) is 4.74 Å². The lowest BCUT2D eigenvalue weighted by Crippen LogP contribution is -2.01. The van der Waals surface area contributed by atoms with Crippen LogP contribution in [0.25, 0.3) is 11.1 Å². The van der Waals surface area contributed by atoms with E-state index in [1.165, 1.54) is 14.2 Å². The van der Waals surface area contributed by atoms with Crippen LogP contribution in [-0.4, -0.2) is 32.4 Å². The zero-order valence-corrected chi connectivity index (χ0v) is 12.2. The van der Waals surface area contributed by atoms with Crippen molar-refractivity contribution in [2.24, 2.45) is 0 Å². The van der Waals surface area contributed by atoms with E-state index in [9.17, 15) is 14.4 Å². The van der Waals surface area contributed by atoms with E-state index in [1.807, 2.05) is 0 Å². The van der Waals surface area contributed by atoms with Crippen molar-refractivity contribution in [1.82, 2.24) is 0 Å². The quantitative estimate of drug-likeness (QED) is 0.641. The van der Waals surface area contributed by atoms with Gasteiger partial charge in [-0.15, -0.1) is 11.3 Å². The number of aldehydes is 1. The van der Waals surface area contributed by atoms with Crippen LogP contribution in [0, 0.1) is 0 Å². The molecule has 21 heavy (non-hydrogen) atoms. The van der Waals surface area contributed by atoms with E-state index in [0.29, 0.717) is 32.7 Å². The minimum atomic E-state index is -0.500. The van der Waals surface area contributed by atoms with Crippen LogP contribution in [0.4, 0.5) is 0 Å². The van der Waals surface area contributed by atoms with Crippen LogP contribution >= 0.6 is 11.3 Å². The highest BCUT2D eigenvalue weighted by Gasteiger charge is 2.18. The highest BCUT2D eigenvalue weighted by atomic mass is 32.1. The first-order chi connectivity index (χ1) is 10.1. The average molecular weight is 304 g/mol. The predicted molar refractivity (Wildman–Crippen MR) is 77.8 cm³/mol. The van der Waals surface area contributed by atoms with Gasteiger partial charge in [-0.05, 0) is 23.8 Å². The number of thiophene rings is 1. The van der Waals surface area contributed by atoms with Crippen LogP contribution in [0.1, 0.15) is 29.7 Å². The number of rotatable bonds is 4. The van der Waals surface area contributed by atoms with Crippen molar-refractivity contribution in [3.05, 3.63) is 45.6 Å². The molecule has 0 saturated heterocycles. The van der Waals surface area contributed by atoms with Gasteiger partial charge >= 0.3 is 11.9 Å². The molecule has 5 nitrogen and oxygen atoms in total. The third-order valence-electron chi connectivity index (χ3n) is 2.86. The summed E-state index contributed by atoms with van der Waals surface area (Å²) in [5.74, 6) is -0.936. The summed E-state index contributed by atoms with van der Waals surface area (Å²) in [6.45, 7) is 0. The number of methoxy groups -OCH3 is 2. The Balaban J connectivity index is 2.45. The first-order valence-corrected chi connectivity index (χ1v) is 6.78. The molecular formula is C15H12O5S. The number of carbonyl (C=O) groups excluding carboxylic acids is 3. The molecule has 0 spiro atoms. The first kappa shape index (κ1) is 14.9. The van der Waals surface area contributed by atoms with Gasteiger partial charge in [-0.3, -0.25) is 4.79 Å². The van der Waals surface area contributed by atoms with E-state index in [-0.39, 0.29) is 0 Å². The second-order valence-electron chi connectivity index (χ2n) is 4.07. The molecule has 6 heteroatoms. The smallest absolute Gasteiger partial charge is 0.348 e. The highest BCUT2D eigenvalue weighted by molar-refractivity contribution is 7.16. The summed E-state index contributed by atoms with van der Waals surface area (Å²) in [5, 5.41) is 0. The fraction of sp³-hybridized carbons (Fsp3) is 0.133. The second-order valence-corrected chi connectivity index (χ2v) is 5.15. The molecular weight excluding hydrogens is 292 g/mol. The number of hydrogen-bond acceptors (Lipinski definition) is 6. The van der Waals surface area contributed by atoms with Gasteiger partial charge in [0.15, 0.2) is 6.29 Å². The fourth-order valence-electron chi connectivity index (χ4n) is 1.83. The summed E-state index contributed by atoms with van der Waals surface area (Å²) in [6.07, 6.45) is 0.684. The predicted octanol–water partition coefficient (Wildman–Crippen LogP) is 2.80. The lowest BCUT2D eigenvalue weighted by molar-refractivity contribution is 0.0594. The first-order valence-electron chi connectivity index (χ1n) is 5.96. The molecule has 0 saturated carbocycles. The molecule has 0 bridgehead atoms. The van der Waals surface area contributed by atoms with Crippen LogP contribution in [0.5, 0.6) is 0 Å². The Labute approximate surface area is 125 Å². The summed E-state index contributed by atoms with van der Waals surface area (Å²) in [5.41, 5.74) is 1.73. The number of hydrogen-bond donors (Lipinski definition) is 0. The van der Waals surface area contributed by atoms with Crippen LogP contribution in [-0.2, 0) is 9.47 Å². The molecule has 108 valence electrons. The van der Waals surface area contributed by atoms with Crippen molar-refractivity contribution in [1.29, 1.82) is 0 Å². The molecule has 0 fully saturated rings. The molecule has 1 heterocycles. The van der Waals surface area contributed by atoms with Crippen molar-refractivity contribution in [3.63, 3.8) is 0 Å². The van der Waals surface area contributed by atoms with Gasteiger partial charge in [-0.1, -0.05) is 12.1 Å². The van der Waals surface area contributed by atoms with Crippen LogP contribution in [0.2, 0.25) is 0 Å². The van der Waals surface area contributed by atoms with Crippen molar-refractivity contribution in [2.75, 3.05) is 14.2 Å². The molecule has 0 amide bonds. The lowest BCUT2D eigenvalue weighted by atomic mass is 10.0. The van der Waals surface area contributed by atoms with Gasteiger partial charge in [-0.2, -0.15) is 0 Å². The van der Waals surface area contributed by atoms with E-state index in [1.54, 1.807) is 30.3 Å². The maximum absolute atomic E-state index is 11.8. The monoisotopic (exact) mass is 304 g/mol. The van der Waals surface area contributed by atoms with Gasteiger partial charge in [0, 0.05) is 5.56 Å². The number of benzene rings is 1. The van der Waals surface area contributed by atoms with Crippen LogP contribution in [0.15, 0.2) is 30.3 Å². The Bertz CT molecular complexity index is 685. The number of ether oxygens (including phenoxy) is 2. The van der Waals surface area contributed by atoms with Crippen molar-refractivity contribution < 1.29 is 23.9 Å². The number of carbonyl (C=O) groups is 3. The van der Waals surface area contributed by atoms with Gasteiger partial charge < -0.3 is 9.47 Å². The van der Waals surface area contributed by atoms with Crippen molar-refractivity contribution in [2.45, 2.75) is 0 Å². The third kappa shape index (κ3) is 3.00. The fourth-order valence-corrected chi connectivity index (χ4v) is 2.74. The van der Waals surface area contributed by atoms with Gasteiger partial charge in [-0.25, -0.2) is 9.59 Å². The zero-order chi connectivity index (χ0) is 15.4. The minimum absolute atomic E-state index is 0.352. The van der Waals surface area contributed by atoms with Crippen LogP contribution in [0.3, 0.4) is 0 Å². The lowest BCUT2D eigenvalue weighted by Gasteiger charge is -2.04. The van der Waals surface area contributed by atoms with Gasteiger partial charge in [0.05, 0.1) is 24.7 Å². The highest BCUT2D eigenvalue weighted by Crippen LogP contribution is 2.31. The molecule has 0 aliphatic heterocycles. The van der Waals surface area contributed by atoms with E-state index >= 15 is 0 Å². The maximum Gasteiger partial charge on any atom is 0.348 e. The molecule has 2 rings (SSSR count). The maximum atomic E-state index is 11.8. The van der Waals surface area contributed by atoms with Crippen LogP contribution < -0.4 is 0 Å². The Kier molecular flexibility index (Phi) is 4.49. The minimum Gasteiger partial charge on any atom is -0.465 e. The van der Waals surface area contributed by atoms with Crippen molar-refractivity contribution in [3.8, 4) is 11.1 Å². The number of esters is 2. The summed E-state index contributed by atoms with van der Waals surface area (Å²) < 4.78 is 9.34. The topological polar surface area (TPSA) is 69.7 Å². The summed E-state index contributed by atoms with van der Waals surface area (Å²) in [7, 11) is 2.59. The van der Waals surface area contributed by atoms with E-state index < -0.39 is 11.9 Å². The van der Waals surface area contributed by atoms with Gasteiger partial charge in [0.1, 0.15) is 4.88 Å². The molecule has 0 aliphatic carbocycles. The Morgan fingerprint density at radius 1 is 1.05 bits per heavy atom. The molecule has 0 aliphatic rings. The molecule has 1 aromatic heterocycles. The largest absolute Gasteiger partial charge is 0.465 e. The third-order valence-corrected chi connectivity index (χ3v) is 3.90. The summed E-state index contributed by atoms with van der Waals surface area (Å²) in [6, 6.07) is 8.20. The standard InChI is InChI=1S/C15H12O5S/c1-19-14(17)10-5-3-9(4-6-10)12-7-11(8-16)21-13(12)15(18)20-2/h3-8H,1-2H3. The molecule has 1 aromatic carbocycles. The van der Waals surface area contributed by atoms with E-state index in [2.05, 4.69) is 4.74 Å². The molecule has 0 atom stereocenters. The molecule has 0 unspecified atom stereocenters. The molecule has 0 radical (unpaired) electrons. The summed E-state index contributed by atoms with van der Waals surface area (Å²) >= 11 is 1.07. The van der Waals surface area contributed by atoms with Crippen molar-refractivity contribution >= 4 is 29.6 Å². The summed E-state index contributed by atoms with van der Waals surface area (Å²) in [4.78, 5) is 34.8. The zero-order valence-electron chi connectivity index (χ0n) is 11.4. The van der Waals surface area contributed by atoms with E-state index in [0.717, 1.165) is 11.3 Å². The van der Waals surface area contributed by atoms with Gasteiger partial charge in [0.25, 0.3) is 0 Å². The Morgan fingerprint density at radius 2 is 1.67 bits per heavy atom. The Morgan fingerprint density at radius 3 is 2.19 bits per heavy atom. The second kappa shape index (κ2) is 6.32. The SMILES string of the molecule is COC(=O)c1ccc(-c2cc(C=O)sc2C(=O)OC)cc1.